The van der Waals surface area contributed by atoms with Gasteiger partial charge in [0.05, 0.1) is 5.39 Å². The maximum absolute atomic E-state index is 9.70. The van der Waals surface area contributed by atoms with E-state index in [1.807, 2.05) is 66.7 Å². The highest BCUT2D eigenvalue weighted by Crippen LogP contribution is 2.37. The average molecular weight is 296 g/mol. The Hall–Kier alpha value is -3.38. The van der Waals surface area contributed by atoms with Crippen molar-refractivity contribution < 1.29 is 4.42 Å². The molecule has 0 spiro atoms. The first-order valence-corrected chi connectivity index (χ1v) is 7.31. The van der Waals surface area contributed by atoms with Gasteiger partial charge in [0.25, 0.3) is 0 Å². The van der Waals surface area contributed by atoms with Crippen molar-refractivity contribution in [1.29, 1.82) is 5.26 Å². The van der Waals surface area contributed by atoms with E-state index in [0.29, 0.717) is 17.0 Å². The molecule has 2 aromatic heterocycles. The Kier molecular flexibility index (Phi) is 3.14. The van der Waals surface area contributed by atoms with E-state index in [4.69, 9.17) is 4.42 Å². The largest absolute Gasteiger partial charge is 0.436 e. The molecule has 0 aliphatic rings. The number of nitrogens with zero attached hydrogens (tertiary/aromatic N) is 2. The van der Waals surface area contributed by atoms with Gasteiger partial charge in [-0.15, -0.1) is 0 Å². The first-order chi connectivity index (χ1) is 11.4. The molecule has 2 aromatic carbocycles. The second-order valence-corrected chi connectivity index (χ2v) is 5.19. The minimum absolute atomic E-state index is 0.488. The van der Waals surface area contributed by atoms with Crippen molar-refractivity contribution in [2.75, 3.05) is 0 Å². The number of fused-ring (bicyclic) bond motifs is 1. The summed E-state index contributed by atoms with van der Waals surface area (Å²) in [7, 11) is 0. The number of rotatable bonds is 2. The highest BCUT2D eigenvalue weighted by Gasteiger charge is 2.19. The van der Waals surface area contributed by atoms with Gasteiger partial charge in [-0.25, -0.2) is 4.98 Å². The quantitative estimate of drug-likeness (QED) is 0.521. The van der Waals surface area contributed by atoms with E-state index in [1.54, 1.807) is 6.20 Å². The second kappa shape index (κ2) is 5.43. The highest BCUT2D eigenvalue weighted by atomic mass is 16.3. The van der Waals surface area contributed by atoms with Crippen LogP contribution in [-0.4, -0.2) is 4.98 Å². The monoisotopic (exact) mass is 296 g/mol. The van der Waals surface area contributed by atoms with E-state index in [2.05, 4.69) is 11.1 Å². The molecule has 0 amide bonds. The molecule has 0 aliphatic carbocycles. The van der Waals surface area contributed by atoms with Gasteiger partial charge in [-0.3, -0.25) is 0 Å². The van der Waals surface area contributed by atoms with Crippen LogP contribution in [0.2, 0.25) is 0 Å². The molecule has 23 heavy (non-hydrogen) atoms. The zero-order valence-electron chi connectivity index (χ0n) is 12.2. The van der Waals surface area contributed by atoms with Crippen LogP contribution in [0.4, 0.5) is 0 Å². The summed E-state index contributed by atoms with van der Waals surface area (Å²) < 4.78 is 5.90. The highest BCUT2D eigenvalue weighted by molar-refractivity contribution is 5.99. The molecule has 0 saturated heterocycles. The zero-order chi connectivity index (χ0) is 15.6. The molecule has 0 saturated carbocycles. The molecule has 4 rings (SSSR count). The molecule has 3 nitrogen and oxygen atoms in total. The van der Waals surface area contributed by atoms with E-state index in [9.17, 15) is 5.26 Å². The van der Waals surface area contributed by atoms with E-state index < -0.39 is 0 Å². The number of benzene rings is 2. The van der Waals surface area contributed by atoms with E-state index >= 15 is 0 Å². The maximum atomic E-state index is 9.70. The lowest BCUT2D eigenvalue weighted by Gasteiger charge is -2.02. The van der Waals surface area contributed by atoms with Gasteiger partial charge in [0.15, 0.2) is 5.76 Å². The van der Waals surface area contributed by atoms with Crippen LogP contribution in [0.25, 0.3) is 33.6 Å². The summed E-state index contributed by atoms with van der Waals surface area (Å²) in [6.45, 7) is 0. The molecule has 2 heterocycles. The Bertz CT molecular complexity index is 1010. The van der Waals surface area contributed by atoms with Gasteiger partial charge in [0.1, 0.15) is 11.6 Å². The van der Waals surface area contributed by atoms with Gasteiger partial charge in [0.2, 0.25) is 5.71 Å². The number of hydrogen-bond acceptors (Lipinski definition) is 3. The Morgan fingerprint density at radius 1 is 0.826 bits per heavy atom. The molecule has 4 aromatic rings. The summed E-state index contributed by atoms with van der Waals surface area (Å²) >= 11 is 0. The second-order valence-electron chi connectivity index (χ2n) is 5.19. The molecule has 0 fully saturated rings. The molecule has 3 heteroatoms. The number of aromatic nitrogens is 1. The summed E-state index contributed by atoms with van der Waals surface area (Å²) in [5, 5.41) is 10.5. The standard InChI is InChI=1S/C20H12N2O/c21-13-17-18-16(14-7-3-1-4-8-14)11-12-22-20(18)23-19(17)15-9-5-2-6-10-15/h1-12H. The third-order valence-corrected chi connectivity index (χ3v) is 3.82. The molecule has 0 bridgehead atoms. The van der Waals surface area contributed by atoms with Gasteiger partial charge in [-0.1, -0.05) is 60.7 Å². The normalized spacial score (nSPS) is 10.6. The van der Waals surface area contributed by atoms with Gasteiger partial charge in [-0.05, 0) is 17.2 Å². The van der Waals surface area contributed by atoms with Crippen LogP contribution < -0.4 is 0 Å². The van der Waals surface area contributed by atoms with Crippen LogP contribution in [0.1, 0.15) is 5.56 Å². The molecule has 0 unspecified atom stereocenters. The fourth-order valence-corrected chi connectivity index (χ4v) is 2.78. The predicted octanol–water partition coefficient (Wildman–Crippen LogP) is 5.03. The van der Waals surface area contributed by atoms with Crippen LogP contribution >= 0.6 is 0 Å². The predicted molar refractivity (Wildman–Crippen MR) is 89.6 cm³/mol. The van der Waals surface area contributed by atoms with Gasteiger partial charge < -0.3 is 4.42 Å². The fraction of sp³-hybridized carbons (Fsp3) is 0. The third-order valence-electron chi connectivity index (χ3n) is 3.82. The molecule has 0 radical (unpaired) electrons. The summed E-state index contributed by atoms with van der Waals surface area (Å²) in [4.78, 5) is 4.30. The number of nitriles is 1. The van der Waals surface area contributed by atoms with Gasteiger partial charge in [0, 0.05) is 11.8 Å². The summed E-state index contributed by atoms with van der Waals surface area (Å²) in [5.41, 5.74) is 3.89. The topological polar surface area (TPSA) is 49.8 Å². The number of furan rings is 1. The summed E-state index contributed by atoms with van der Waals surface area (Å²) in [6.07, 6.45) is 1.71. The Labute approximate surface area is 133 Å². The van der Waals surface area contributed by atoms with E-state index in [1.165, 1.54) is 0 Å². The Balaban J connectivity index is 2.05. The summed E-state index contributed by atoms with van der Waals surface area (Å²) in [5.74, 6) is 0.569. The molecule has 108 valence electrons. The molecule has 0 N–H and O–H groups in total. The molecular formula is C20H12N2O. The van der Waals surface area contributed by atoms with Crippen molar-refractivity contribution >= 4 is 11.1 Å². The lowest BCUT2D eigenvalue weighted by atomic mass is 9.99. The van der Waals surface area contributed by atoms with Crippen LogP contribution in [-0.2, 0) is 0 Å². The smallest absolute Gasteiger partial charge is 0.228 e. The van der Waals surface area contributed by atoms with Crippen molar-refractivity contribution in [3.8, 4) is 28.5 Å². The SMILES string of the molecule is N#Cc1c(-c2ccccc2)oc2nccc(-c3ccccc3)c12. The number of pyridine rings is 1. The lowest BCUT2D eigenvalue weighted by molar-refractivity contribution is 0.617. The van der Waals surface area contributed by atoms with Crippen LogP contribution in [0.5, 0.6) is 0 Å². The first-order valence-electron chi connectivity index (χ1n) is 7.31. The molecule has 0 aliphatic heterocycles. The maximum Gasteiger partial charge on any atom is 0.228 e. The van der Waals surface area contributed by atoms with Gasteiger partial charge in [-0.2, -0.15) is 5.26 Å². The van der Waals surface area contributed by atoms with Crippen molar-refractivity contribution in [1.82, 2.24) is 4.98 Å². The van der Waals surface area contributed by atoms with Crippen LogP contribution in [0.3, 0.4) is 0 Å². The van der Waals surface area contributed by atoms with Crippen molar-refractivity contribution in [2.45, 2.75) is 0 Å². The summed E-state index contributed by atoms with van der Waals surface area (Å²) in [6, 6.07) is 23.8. The van der Waals surface area contributed by atoms with Crippen molar-refractivity contribution in [3.63, 3.8) is 0 Å². The number of hydrogen-bond donors (Lipinski definition) is 0. The average Bonchev–Trinajstić information content (AvgIpc) is 3.02. The van der Waals surface area contributed by atoms with Crippen molar-refractivity contribution in [2.24, 2.45) is 0 Å². The van der Waals surface area contributed by atoms with Crippen molar-refractivity contribution in [3.05, 3.63) is 78.5 Å². The fourth-order valence-electron chi connectivity index (χ4n) is 2.78. The first kappa shape index (κ1) is 13.3. The minimum atomic E-state index is 0.488. The molecular weight excluding hydrogens is 284 g/mol. The Morgan fingerprint density at radius 3 is 2.13 bits per heavy atom. The van der Waals surface area contributed by atoms with Crippen LogP contribution in [0, 0.1) is 11.3 Å². The molecule has 0 atom stereocenters. The van der Waals surface area contributed by atoms with Gasteiger partial charge >= 0.3 is 0 Å². The van der Waals surface area contributed by atoms with E-state index in [0.717, 1.165) is 22.1 Å². The third kappa shape index (κ3) is 2.18. The lowest BCUT2D eigenvalue weighted by Crippen LogP contribution is -1.84. The van der Waals surface area contributed by atoms with Crippen LogP contribution in [0.15, 0.2) is 77.3 Å². The Morgan fingerprint density at radius 2 is 1.48 bits per heavy atom. The zero-order valence-corrected chi connectivity index (χ0v) is 12.2. The minimum Gasteiger partial charge on any atom is -0.436 e. The van der Waals surface area contributed by atoms with E-state index in [-0.39, 0.29) is 0 Å².